The Morgan fingerprint density at radius 2 is 1.81 bits per heavy atom. The summed E-state index contributed by atoms with van der Waals surface area (Å²) in [5.41, 5.74) is 5.71. The lowest BCUT2D eigenvalue weighted by Crippen LogP contribution is -2.28. The summed E-state index contributed by atoms with van der Waals surface area (Å²) in [7, 11) is 0. The summed E-state index contributed by atoms with van der Waals surface area (Å²) >= 11 is 0. The lowest BCUT2D eigenvalue weighted by atomic mass is 10.1. The van der Waals surface area contributed by atoms with Gasteiger partial charge in [0, 0.05) is 17.8 Å². The molecule has 3 aromatic carbocycles. The van der Waals surface area contributed by atoms with Crippen LogP contribution in [0.25, 0.3) is 27.8 Å². The number of hydroxylamine groups is 1. The lowest BCUT2D eigenvalue weighted by molar-refractivity contribution is 0.0706. The molecule has 3 aromatic heterocycles. The minimum atomic E-state index is -0.583. The number of amides is 1. The maximum Gasteiger partial charge on any atom is 0.274 e. The number of aromatic amines is 1. The van der Waals surface area contributed by atoms with Gasteiger partial charge in [0.1, 0.15) is 17.7 Å². The summed E-state index contributed by atoms with van der Waals surface area (Å²) in [6.45, 7) is 2.42. The van der Waals surface area contributed by atoms with Crippen LogP contribution in [0.2, 0.25) is 0 Å². The molecule has 0 bridgehead atoms. The Labute approximate surface area is 239 Å². The smallest absolute Gasteiger partial charge is 0.274 e. The first-order valence-electron chi connectivity index (χ1n) is 13.4. The van der Waals surface area contributed by atoms with Crippen LogP contribution in [0.15, 0.2) is 90.2 Å². The second kappa shape index (κ2) is 11.5. The molecule has 12 heteroatoms. The van der Waals surface area contributed by atoms with Crippen molar-refractivity contribution < 1.29 is 10.0 Å². The highest BCUT2D eigenvalue weighted by Crippen LogP contribution is 2.28. The number of anilines is 2. The van der Waals surface area contributed by atoms with Gasteiger partial charge in [0.15, 0.2) is 11.5 Å². The third-order valence-corrected chi connectivity index (χ3v) is 6.99. The van der Waals surface area contributed by atoms with Gasteiger partial charge in [-0.05, 0) is 48.4 Å². The van der Waals surface area contributed by atoms with E-state index in [9.17, 15) is 9.59 Å². The van der Waals surface area contributed by atoms with Gasteiger partial charge in [0.05, 0.1) is 29.0 Å². The van der Waals surface area contributed by atoms with Crippen molar-refractivity contribution in [3.63, 3.8) is 0 Å². The number of nitrogens with one attached hydrogen (secondary N) is 4. The van der Waals surface area contributed by atoms with Crippen molar-refractivity contribution >= 4 is 39.5 Å². The van der Waals surface area contributed by atoms with Gasteiger partial charge >= 0.3 is 0 Å². The van der Waals surface area contributed by atoms with Gasteiger partial charge in [-0.15, -0.1) is 0 Å². The zero-order valence-corrected chi connectivity index (χ0v) is 22.6. The summed E-state index contributed by atoms with van der Waals surface area (Å²) in [6.07, 6.45) is 3.64. The molecule has 6 rings (SSSR count). The number of rotatable bonds is 9. The van der Waals surface area contributed by atoms with Crippen LogP contribution in [0.3, 0.4) is 0 Å². The van der Waals surface area contributed by atoms with E-state index >= 15 is 0 Å². The van der Waals surface area contributed by atoms with Crippen molar-refractivity contribution in [1.82, 2.24) is 35.0 Å². The summed E-state index contributed by atoms with van der Waals surface area (Å²) < 4.78 is 1.64. The topological polar surface area (TPSA) is 163 Å². The zero-order chi connectivity index (χ0) is 29.1. The van der Waals surface area contributed by atoms with Crippen LogP contribution in [0, 0.1) is 0 Å². The van der Waals surface area contributed by atoms with Crippen LogP contribution >= 0.6 is 0 Å². The predicted octanol–water partition coefficient (Wildman–Crippen LogP) is 4.35. The number of hydrogen-bond donors (Lipinski definition) is 5. The Bertz CT molecular complexity index is 1940. The molecule has 0 saturated heterocycles. The van der Waals surface area contributed by atoms with Crippen LogP contribution in [-0.4, -0.2) is 40.6 Å². The number of carbonyl (C=O) groups is 1. The average Bonchev–Trinajstić information content (AvgIpc) is 3.52. The number of benzene rings is 3. The first-order valence-corrected chi connectivity index (χ1v) is 13.4. The van der Waals surface area contributed by atoms with Crippen LogP contribution < -0.4 is 21.7 Å². The molecule has 210 valence electrons. The fraction of sp³-hybridized carbons (Fsp3) is 0.133. The first kappa shape index (κ1) is 26.6. The maximum atomic E-state index is 14.3. The SMILES string of the molecule is CCC(Nc1ncnc2[nH]cnc12)c1nc2cccc(NCc3ccc(C(=O)NO)cc3)c2c(=O)n1-c1ccccc1. The Morgan fingerprint density at radius 3 is 2.57 bits per heavy atom. The Hall–Kier alpha value is -5.62. The van der Waals surface area contributed by atoms with Gasteiger partial charge in [0.25, 0.3) is 11.5 Å². The monoisotopic (exact) mass is 561 g/mol. The molecular formula is C30H27N9O3. The molecule has 1 unspecified atom stereocenters. The maximum absolute atomic E-state index is 14.3. The zero-order valence-electron chi connectivity index (χ0n) is 22.6. The van der Waals surface area contributed by atoms with Gasteiger partial charge < -0.3 is 15.6 Å². The quantitative estimate of drug-likeness (QED) is 0.128. The lowest BCUT2D eigenvalue weighted by Gasteiger charge is -2.22. The molecule has 1 atom stereocenters. The number of fused-ring (bicyclic) bond motifs is 2. The minimum absolute atomic E-state index is 0.216. The van der Waals surface area contributed by atoms with Gasteiger partial charge in [-0.1, -0.05) is 43.3 Å². The summed E-state index contributed by atoms with van der Waals surface area (Å²) in [5.74, 6) is 0.499. The van der Waals surface area contributed by atoms with E-state index in [4.69, 9.17) is 10.2 Å². The van der Waals surface area contributed by atoms with E-state index in [1.807, 2.05) is 55.5 Å². The molecule has 1 amide bonds. The molecule has 0 aliphatic rings. The third-order valence-electron chi connectivity index (χ3n) is 6.99. The Morgan fingerprint density at radius 1 is 1.00 bits per heavy atom. The number of H-pyrrole nitrogens is 1. The third kappa shape index (κ3) is 5.02. The van der Waals surface area contributed by atoms with E-state index in [0.29, 0.717) is 63.6 Å². The summed E-state index contributed by atoms with van der Waals surface area (Å²) in [6, 6.07) is 21.4. The largest absolute Gasteiger partial charge is 0.380 e. The molecule has 0 saturated carbocycles. The number of para-hydroxylation sites is 1. The minimum Gasteiger partial charge on any atom is -0.380 e. The fourth-order valence-corrected chi connectivity index (χ4v) is 4.88. The number of nitrogens with zero attached hydrogens (tertiary/aromatic N) is 5. The van der Waals surface area contributed by atoms with E-state index in [1.165, 1.54) is 6.33 Å². The van der Waals surface area contributed by atoms with Crippen molar-refractivity contribution in [2.45, 2.75) is 25.9 Å². The van der Waals surface area contributed by atoms with Crippen molar-refractivity contribution in [1.29, 1.82) is 0 Å². The van der Waals surface area contributed by atoms with Gasteiger partial charge in [-0.2, -0.15) is 0 Å². The molecule has 0 aliphatic heterocycles. The molecule has 0 aliphatic carbocycles. The molecule has 0 radical (unpaired) electrons. The number of hydrogen-bond acceptors (Lipinski definition) is 9. The molecule has 0 fully saturated rings. The number of imidazole rings is 1. The van der Waals surface area contributed by atoms with Crippen molar-refractivity contribution in [2.75, 3.05) is 10.6 Å². The fourth-order valence-electron chi connectivity index (χ4n) is 4.88. The van der Waals surface area contributed by atoms with Crippen molar-refractivity contribution in [3.05, 3.63) is 113 Å². The summed E-state index contributed by atoms with van der Waals surface area (Å²) in [4.78, 5) is 47.0. The molecule has 42 heavy (non-hydrogen) atoms. The van der Waals surface area contributed by atoms with E-state index < -0.39 is 5.91 Å². The Balaban J connectivity index is 1.42. The van der Waals surface area contributed by atoms with Crippen molar-refractivity contribution in [3.8, 4) is 5.69 Å². The Kier molecular flexibility index (Phi) is 7.26. The second-order valence-corrected chi connectivity index (χ2v) is 9.56. The summed E-state index contributed by atoms with van der Waals surface area (Å²) in [5, 5.41) is 16.1. The molecule has 5 N–H and O–H groups in total. The molecule has 0 spiro atoms. The van der Waals surface area contributed by atoms with Crippen LogP contribution in [0.1, 0.15) is 41.1 Å². The number of aromatic nitrogens is 6. The van der Waals surface area contributed by atoms with E-state index in [2.05, 4.69) is 30.6 Å². The average molecular weight is 562 g/mol. The second-order valence-electron chi connectivity index (χ2n) is 9.56. The van der Waals surface area contributed by atoms with Gasteiger partial charge in [-0.3, -0.25) is 19.4 Å². The van der Waals surface area contributed by atoms with Crippen LogP contribution in [0.5, 0.6) is 0 Å². The van der Waals surface area contributed by atoms with Gasteiger partial charge in [0.2, 0.25) is 0 Å². The van der Waals surface area contributed by atoms with Crippen molar-refractivity contribution in [2.24, 2.45) is 0 Å². The highest BCUT2D eigenvalue weighted by Gasteiger charge is 2.23. The van der Waals surface area contributed by atoms with Crippen LogP contribution in [0.4, 0.5) is 11.5 Å². The molecule has 12 nitrogen and oxygen atoms in total. The first-order chi connectivity index (χ1) is 20.6. The normalized spacial score (nSPS) is 11.9. The highest BCUT2D eigenvalue weighted by atomic mass is 16.5. The van der Waals surface area contributed by atoms with E-state index in [1.54, 1.807) is 40.6 Å². The van der Waals surface area contributed by atoms with E-state index in [-0.39, 0.29) is 11.6 Å². The van der Waals surface area contributed by atoms with E-state index in [0.717, 1.165) is 5.56 Å². The predicted molar refractivity (Wildman–Crippen MR) is 159 cm³/mol. The molecular weight excluding hydrogens is 534 g/mol. The number of carbonyl (C=O) groups excluding carboxylic acids is 1. The highest BCUT2D eigenvalue weighted by molar-refractivity contribution is 5.93. The van der Waals surface area contributed by atoms with Crippen LogP contribution in [-0.2, 0) is 6.54 Å². The van der Waals surface area contributed by atoms with Gasteiger partial charge in [-0.25, -0.2) is 25.4 Å². The molecule has 3 heterocycles. The standard InChI is InChI=1S/C30H27N9O3/c1-2-21(36-27-25-26(33-16-32-25)34-17-35-27)28-37-23-10-6-9-22(24(23)30(41)39(28)20-7-4-3-5-8-20)31-15-18-11-13-19(14-12-18)29(40)38-42/h3-14,16-17,21,31,42H,2,15H2,1H3,(H,38,40)(H2,32,33,34,35,36). The molecule has 6 aromatic rings.